The summed E-state index contributed by atoms with van der Waals surface area (Å²) in [4.78, 5) is 24.9. The first kappa shape index (κ1) is 22.2. The highest BCUT2D eigenvalue weighted by Gasteiger charge is 2.30. The molecule has 0 heterocycles. The largest absolute Gasteiger partial charge is 0.493 e. The Hall–Kier alpha value is -3.13. The molecule has 0 radical (unpaired) electrons. The number of carbonyl (C=O) groups is 2. The van der Waals surface area contributed by atoms with Gasteiger partial charge in [-0.15, -0.1) is 0 Å². The van der Waals surface area contributed by atoms with Crippen LogP contribution in [0.1, 0.15) is 24.2 Å². The summed E-state index contributed by atoms with van der Waals surface area (Å²) in [5.74, 6) is 0.330. The number of methoxy groups -OCH3 is 3. The van der Waals surface area contributed by atoms with Gasteiger partial charge in [0.1, 0.15) is 5.75 Å². The van der Waals surface area contributed by atoms with Crippen LogP contribution in [0.3, 0.4) is 0 Å². The first-order valence-corrected chi connectivity index (χ1v) is 8.95. The summed E-state index contributed by atoms with van der Waals surface area (Å²) in [5.41, 5.74) is 3.65. The van der Waals surface area contributed by atoms with E-state index in [0.717, 1.165) is 0 Å². The van der Waals surface area contributed by atoms with Crippen molar-refractivity contribution in [2.75, 3.05) is 21.3 Å². The van der Waals surface area contributed by atoms with Crippen LogP contribution in [-0.2, 0) is 4.79 Å². The van der Waals surface area contributed by atoms with Gasteiger partial charge >= 0.3 is 0 Å². The van der Waals surface area contributed by atoms with Crippen LogP contribution in [-0.4, -0.2) is 38.7 Å². The Labute approximate surface area is 174 Å². The van der Waals surface area contributed by atoms with Crippen LogP contribution in [0.4, 0.5) is 0 Å². The minimum absolute atomic E-state index is 0.205. The molecule has 0 saturated carbocycles. The van der Waals surface area contributed by atoms with Gasteiger partial charge in [0.15, 0.2) is 17.1 Å². The highest BCUT2D eigenvalue weighted by molar-refractivity contribution is 6.30. The Morgan fingerprint density at radius 2 is 1.45 bits per heavy atom. The monoisotopic (exact) mass is 422 g/mol. The molecule has 29 heavy (non-hydrogen) atoms. The summed E-state index contributed by atoms with van der Waals surface area (Å²) in [5, 5.41) is 0.553. The minimum atomic E-state index is -1.25. The Balaban J connectivity index is 2.07. The van der Waals surface area contributed by atoms with E-state index in [1.54, 1.807) is 38.1 Å². The lowest BCUT2D eigenvalue weighted by Gasteiger charge is -2.25. The van der Waals surface area contributed by atoms with Gasteiger partial charge in [0.2, 0.25) is 5.75 Å². The molecule has 2 amide bonds. The van der Waals surface area contributed by atoms with Crippen LogP contribution in [0.5, 0.6) is 23.0 Å². The van der Waals surface area contributed by atoms with Crippen molar-refractivity contribution in [1.29, 1.82) is 0 Å². The molecule has 2 aromatic carbocycles. The van der Waals surface area contributed by atoms with E-state index in [4.69, 9.17) is 30.5 Å². The number of benzene rings is 2. The van der Waals surface area contributed by atoms with Crippen molar-refractivity contribution in [2.24, 2.45) is 0 Å². The van der Waals surface area contributed by atoms with Gasteiger partial charge in [-0.1, -0.05) is 11.6 Å². The van der Waals surface area contributed by atoms with Gasteiger partial charge in [0, 0.05) is 10.6 Å². The van der Waals surface area contributed by atoms with Crippen molar-refractivity contribution in [3.8, 4) is 23.0 Å². The van der Waals surface area contributed by atoms with E-state index in [1.165, 1.54) is 33.5 Å². The highest BCUT2D eigenvalue weighted by Crippen LogP contribution is 2.38. The molecule has 0 aliphatic heterocycles. The number of hydrogen-bond donors (Lipinski definition) is 2. The number of nitrogens with one attached hydrogen (secondary N) is 2. The van der Waals surface area contributed by atoms with E-state index in [2.05, 4.69) is 10.9 Å². The van der Waals surface area contributed by atoms with Crippen molar-refractivity contribution in [3.05, 3.63) is 47.0 Å². The van der Waals surface area contributed by atoms with E-state index in [9.17, 15) is 9.59 Å². The zero-order valence-corrected chi connectivity index (χ0v) is 17.5. The number of hydrogen-bond acceptors (Lipinski definition) is 6. The maximum Gasteiger partial charge on any atom is 0.281 e. The van der Waals surface area contributed by atoms with Crippen molar-refractivity contribution in [2.45, 2.75) is 19.4 Å². The van der Waals surface area contributed by atoms with Gasteiger partial charge in [-0.2, -0.15) is 0 Å². The number of rotatable bonds is 7. The maximum absolute atomic E-state index is 12.5. The van der Waals surface area contributed by atoms with Crippen molar-refractivity contribution in [1.82, 2.24) is 10.9 Å². The third kappa shape index (κ3) is 5.45. The first-order valence-electron chi connectivity index (χ1n) is 8.57. The summed E-state index contributed by atoms with van der Waals surface area (Å²) in [6.07, 6.45) is 0. The average Bonchev–Trinajstić information content (AvgIpc) is 2.71. The Morgan fingerprint density at radius 3 is 1.93 bits per heavy atom. The fourth-order valence-electron chi connectivity index (χ4n) is 2.39. The van der Waals surface area contributed by atoms with Crippen LogP contribution in [0, 0.1) is 0 Å². The predicted octanol–water partition coefficient (Wildman–Crippen LogP) is 2.98. The molecule has 0 atom stereocenters. The lowest BCUT2D eigenvalue weighted by molar-refractivity contribution is -0.135. The maximum atomic E-state index is 12.5. The second kappa shape index (κ2) is 9.38. The number of carbonyl (C=O) groups excluding carboxylic acids is 2. The van der Waals surface area contributed by atoms with Crippen molar-refractivity contribution >= 4 is 23.4 Å². The Bertz CT molecular complexity index is 858. The molecule has 0 spiro atoms. The SMILES string of the molecule is COc1cc(C(=O)NNC(=O)C(C)(C)Oc2ccc(Cl)cc2)cc(OC)c1OC. The molecular formula is C20H23ClN2O6. The summed E-state index contributed by atoms with van der Waals surface area (Å²) in [7, 11) is 4.35. The van der Waals surface area contributed by atoms with Gasteiger partial charge in [-0.25, -0.2) is 0 Å². The van der Waals surface area contributed by atoms with Crippen molar-refractivity contribution < 1.29 is 28.5 Å². The zero-order valence-electron chi connectivity index (χ0n) is 16.8. The topological polar surface area (TPSA) is 95.1 Å². The normalized spacial score (nSPS) is 10.7. The van der Waals surface area contributed by atoms with Crippen LogP contribution < -0.4 is 29.8 Å². The number of halogens is 1. The van der Waals surface area contributed by atoms with Gasteiger partial charge in [-0.3, -0.25) is 20.4 Å². The number of ether oxygens (including phenoxy) is 4. The molecule has 0 unspecified atom stereocenters. The average molecular weight is 423 g/mol. The lowest BCUT2D eigenvalue weighted by atomic mass is 10.1. The first-order chi connectivity index (χ1) is 13.7. The molecular weight excluding hydrogens is 400 g/mol. The van der Waals surface area contributed by atoms with E-state index in [1.807, 2.05) is 0 Å². The van der Waals surface area contributed by atoms with Crippen LogP contribution in [0.2, 0.25) is 5.02 Å². The number of amides is 2. The molecule has 0 fully saturated rings. The molecule has 156 valence electrons. The van der Waals surface area contributed by atoms with E-state index < -0.39 is 17.4 Å². The fraction of sp³-hybridized carbons (Fsp3) is 0.300. The van der Waals surface area contributed by atoms with Crippen LogP contribution in [0.25, 0.3) is 0 Å². The quantitative estimate of drug-likeness (QED) is 0.666. The molecule has 2 rings (SSSR count). The van der Waals surface area contributed by atoms with Gasteiger partial charge in [0.25, 0.3) is 11.8 Å². The van der Waals surface area contributed by atoms with Crippen molar-refractivity contribution in [3.63, 3.8) is 0 Å². The standard InChI is InChI=1S/C20H23ClN2O6/c1-20(2,29-14-8-6-13(21)7-9-14)19(25)23-22-18(24)12-10-15(26-3)17(28-5)16(11-12)27-4/h6-11H,1-5H3,(H,22,24)(H,23,25). The van der Waals surface area contributed by atoms with E-state index >= 15 is 0 Å². The molecule has 0 saturated heterocycles. The third-order valence-electron chi connectivity index (χ3n) is 3.95. The fourth-order valence-corrected chi connectivity index (χ4v) is 2.52. The highest BCUT2D eigenvalue weighted by atomic mass is 35.5. The van der Waals surface area contributed by atoms with Gasteiger partial charge in [0.05, 0.1) is 21.3 Å². The smallest absolute Gasteiger partial charge is 0.281 e. The number of hydrazine groups is 1. The molecule has 0 bridgehead atoms. The minimum Gasteiger partial charge on any atom is -0.493 e. The Kier molecular flexibility index (Phi) is 7.17. The predicted molar refractivity (Wildman–Crippen MR) is 108 cm³/mol. The Morgan fingerprint density at radius 1 is 0.897 bits per heavy atom. The zero-order chi connectivity index (χ0) is 21.6. The third-order valence-corrected chi connectivity index (χ3v) is 4.20. The molecule has 2 N–H and O–H groups in total. The van der Waals surface area contributed by atoms with Crippen LogP contribution >= 0.6 is 11.6 Å². The molecule has 0 aliphatic carbocycles. The summed E-state index contributed by atoms with van der Waals surface area (Å²) >= 11 is 5.84. The summed E-state index contributed by atoms with van der Waals surface area (Å²) in [6.45, 7) is 3.14. The van der Waals surface area contributed by atoms with Gasteiger partial charge in [-0.05, 0) is 50.2 Å². The summed E-state index contributed by atoms with van der Waals surface area (Å²) < 4.78 is 21.3. The molecule has 0 aromatic heterocycles. The van der Waals surface area contributed by atoms with E-state index in [-0.39, 0.29) is 5.56 Å². The van der Waals surface area contributed by atoms with E-state index in [0.29, 0.717) is 28.0 Å². The molecule has 0 aliphatic rings. The van der Waals surface area contributed by atoms with Gasteiger partial charge < -0.3 is 18.9 Å². The molecule has 8 nitrogen and oxygen atoms in total. The summed E-state index contributed by atoms with van der Waals surface area (Å²) in [6, 6.07) is 9.53. The second-order valence-corrected chi connectivity index (χ2v) is 6.82. The molecule has 2 aromatic rings. The van der Waals surface area contributed by atoms with Crippen LogP contribution in [0.15, 0.2) is 36.4 Å². The lowest BCUT2D eigenvalue weighted by Crippen LogP contribution is -2.53. The molecule has 9 heteroatoms. The second-order valence-electron chi connectivity index (χ2n) is 6.39.